The first-order valence-electron chi connectivity index (χ1n) is 3.98. The highest BCUT2D eigenvalue weighted by atomic mass is 14.9. The van der Waals surface area contributed by atoms with E-state index < -0.39 is 0 Å². The first-order valence-corrected chi connectivity index (χ1v) is 3.98. The molecule has 0 aliphatic rings. The summed E-state index contributed by atoms with van der Waals surface area (Å²) in [6, 6.07) is 6.17. The third kappa shape index (κ3) is 1.05. The Bertz CT molecular complexity index is 421. The molecule has 0 spiro atoms. The molecule has 0 saturated carbocycles. The maximum atomic E-state index is 4.32. The Hall–Kier alpha value is -1.44. The van der Waals surface area contributed by atoms with Gasteiger partial charge in [-0.1, -0.05) is 0 Å². The monoisotopic (exact) mass is 159 g/mol. The first kappa shape index (κ1) is 7.22. The van der Waals surface area contributed by atoms with Gasteiger partial charge in [0.25, 0.3) is 0 Å². The maximum Gasteiger partial charge on any atom is 0.231 e. The van der Waals surface area contributed by atoms with E-state index >= 15 is 0 Å². The van der Waals surface area contributed by atoms with Gasteiger partial charge in [0.1, 0.15) is 12.6 Å². The van der Waals surface area contributed by atoms with E-state index in [1.807, 2.05) is 31.6 Å². The van der Waals surface area contributed by atoms with Gasteiger partial charge < -0.3 is 0 Å². The number of hydrogen-bond donors (Lipinski definition) is 0. The summed E-state index contributed by atoms with van der Waals surface area (Å²) in [6.07, 6.45) is 3.92. The van der Waals surface area contributed by atoms with Gasteiger partial charge in [-0.15, -0.1) is 0 Å². The summed E-state index contributed by atoms with van der Waals surface area (Å²) in [4.78, 5) is 4.32. The Balaban J connectivity index is 2.88. The van der Waals surface area contributed by atoms with Crippen molar-refractivity contribution >= 4 is 11.0 Å². The van der Waals surface area contributed by atoms with Gasteiger partial charge in [0, 0.05) is 18.3 Å². The molecule has 2 heterocycles. The molecule has 2 aromatic rings. The molecule has 0 atom stereocenters. The molecule has 0 saturated heterocycles. The van der Waals surface area contributed by atoms with Crippen LogP contribution in [0.15, 0.2) is 30.6 Å². The largest absolute Gasteiger partial charge is 0.250 e. The molecule has 0 amide bonds. The first-order chi connectivity index (χ1) is 5.77. The van der Waals surface area contributed by atoms with Crippen molar-refractivity contribution in [2.45, 2.75) is 6.92 Å². The Morgan fingerprint density at radius 2 is 2.25 bits per heavy atom. The quantitative estimate of drug-likeness (QED) is 0.530. The molecule has 2 nitrogen and oxygen atoms in total. The van der Waals surface area contributed by atoms with E-state index in [0.717, 1.165) is 5.52 Å². The number of nitrogens with zero attached hydrogens (tertiary/aromatic N) is 2. The van der Waals surface area contributed by atoms with Crippen LogP contribution in [0.3, 0.4) is 0 Å². The molecule has 12 heavy (non-hydrogen) atoms. The highest BCUT2D eigenvalue weighted by Gasteiger charge is 2.03. The Morgan fingerprint density at radius 3 is 3.08 bits per heavy atom. The lowest BCUT2D eigenvalue weighted by Crippen LogP contribution is -2.28. The molecule has 0 aromatic carbocycles. The highest BCUT2D eigenvalue weighted by Crippen LogP contribution is 2.06. The van der Waals surface area contributed by atoms with E-state index in [4.69, 9.17) is 0 Å². The molecule has 2 heteroatoms. The highest BCUT2D eigenvalue weighted by molar-refractivity contribution is 5.70. The molecule has 60 valence electrons. The molecule has 2 aromatic heterocycles. The zero-order chi connectivity index (χ0) is 8.55. The lowest BCUT2D eigenvalue weighted by atomic mass is 10.2. The predicted octanol–water partition coefficient (Wildman–Crippen LogP) is 1.37. The summed E-state index contributed by atoms with van der Waals surface area (Å²) in [5.41, 5.74) is 3.42. The molecule has 0 unspecified atom stereocenters. The summed E-state index contributed by atoms with van der Waals surface area (Å²) in [5.74, 6) is 0. The van der Waals surface area contributed by atoms with Crippen LogP contribution in [0.2, 0.25) is 0 Å². The fraction of sp³-hybridized carbons (Fsp3) is 0.200. The van der Waals surface area contributed by atoms with Gasteiger partial charge in [0.05, 0.1) is 0 Å². The fourth-order valence-corrected chi connectivity index (χ4v) is 1.32. The van der Waals surface area contributed by atoms with Gasteiger partial charge in [-0.25, -0.2) is 4.98 Å². The van der Waals surface area contributed by atoms with Crippen molar-refractivity contribution in [1.29, 1.82) is 0 Å². The van der Waals surface area contributed by atoms with Gasteiger partial charge in [0.2, 0.25) is 5.52 Å². The van der Waals surface area contributed by atoms with Crippen molar-refractivity contribution in [2.24, 2.45) is 7.05 Å². The van der Waals surface area contributed by atoms with Gasteiger partial charge in [-0.3, -0.25) is 0 Å². The molecule has 0 aliphatic heterocycles. The molecule has 2 rings (SSSR count). The van der Waals surface area contributed by atoms with Gasteiger partial charge >= 0.3 is 0 Å². The fourth-order valence-electron chi connectivity index (χ4n) is 1.32. The summed E-state index contributed by atoms with van der Waals surface area (Å²) in [7, 11) is 2.03. The van der Waals surface area contributed by atoms with E-state index in [0.29, 0.717) is 0 Å². The van der Waals surface area contributed by atoms with Crippen LogP contribution in [0.25, 0.3) is 11.0 Å². The van der Waals surface area contributed by atoms with Crippen LogP contribution in [-0.4, -0.2) is 4.98 Å². The molecule has 0 fully saturated rings. The molecule has 0 radical (unpaired) electrons. The van der Waals surface area contributed by atoms with Crippen LogP contribution in [0.5, 0.6) is 0 Å². The van der Waals surface area contributed by atoms with Crippen molar-refractivity contribution in [3.05, 3.63) is 36.2 Å². The standard InChI is InChI=1S/C10H11N2/c1-8-6-10-9(11-7-8)4-3-5-12(10)2/h3-7H,1-2H3/q+1. The van der Waals surface area contributed by atoms with Crippen LogP contribution < -0.4 is 4.57 Å². The van der Waals surface area contributed by atoms with Crippen LogP contribution in [-0.2, 0) is 7.05 Å². The number of fused-ring (bicyclic) bond motifs is 1. The normalized spacial score (nSPS) is 10.5. The third-order valence-electron chi connectivity index (χ3n) is 1.98. The summed E-state index contributed by atoms with van der Waals surface area (Å²) in [6.45, 7) is 2.06. The lowest BCUT2D eigenvalue weighted by molar-refractivity contribution is -0.645. The summed E-state index contributed by atoms with van der Waals surface area (Å²) in [5, 5.41) is 0. The second-order valence-corrected chi connectivity index (χ2v) is 3.04. The van der Waals surface area contributed by atoms with Crippen molar-refractivity contribution in [3.63, 3.8) is 0 Å². The smallest absolute Gasteiger partial charge is 0.231 e. The number of aromatic nitrogens is 2. The Morgan fingerprint density at radius 1 is 1.42 bits per heavy atom. The SMILES string of the molecule is Cc1cnc2ccc[n+](C)c2c1. The topological polar surface area (TPSA) is 16.8 Å². The van der Waals surface area contributed by atoms with Gasteiger partial charge in [-0.05, 0) is 18.6 Å². The van der Waals surface area contributed by atoms with E-state index in [-0.39, 0.29) is 0 Å². The minimum atomic E-state index is 1.05. The predicted molar refractivity (Wildman–Crippen MR) is 47.7 cm³/mol. The average molecular weight is 159 g/mol. The number of aryl methyl sites for hydroxylation is 2. The van der Waals surface area contributed by atoms with Crippen molar-refractivity contribution in [1.82, 2.24) is 4.98 Å². The number of hydrogen-bond acceptors (Lipinski definition) is 1. The van der Waals surface area contributed by atoms with Gasteiger partial charge in [-0.2, -0.15) is 4.57 Å². The maximum absolute atomic E-state index is 4.32. The second-order valence-electron chi connectivity index (χ2n) is 3.04. The number of pyridine rings is 2. The van der Waals surface area contributed by atoms with E-state index in [1.54, 1.807) is 0 Å². The Kier molecular flexibility index (Phi) is 1.54. The summed E-state index contributed by atoms with van der Waals surface area (Å²) >= 11 is 0. The van der Waals surface area contributed by atoms with Crippen molar-refractivity contribution in [3.8, 4) is 0 Å². The minimum Gasteiger partial charge on any atom is -0.250 e. The minimum absolute atomic E-state index is 1.05. The van der Waals surface area contributed by atoms with E-state index in [2.05, 4.69) is 22.5 Å². The molecular formula is C10H11N2+. The van der Waals surface area contributed by atoms with Gasteiger partial charge in [0.15, 0.2) is 6.20 Å². The van der Waals surface area contributed by atoms with Crippen LogP contribution >= 0.6 is 0 Å². The molecule has 0 bridgehead atoms. The van der Waals surface area contributed by atoms with E-state index in [1.165, 1.54) is 11.1 Å². The van der Waals surface area contributed by atoms with Crippen molar-refractivity contribution < 1.29 is 4.57 Å². The van der Waals surface area contributed by atoms with Crippen LogP contribution in [0, 0.1) is 6.92 Å². The third-order valence-corrected chi connectivity index (χ3v) is 1.98. The Labute approximate surface area is 71.5 Å². The zero-order valence-corrected chi connectivity index (χ0v) is 7.28. The zero-order valence-electron chi connectivity index (χ0n) is 7.28. The molecule has 0 N–H and O–H groups in total. The van der Waals surface area contributed by atoms with Crippen LogP contribution in [0.4, 0.5) is 0 Å². The second kappa shape index (κ2) is 2.55. The molecular weight excluding hydrogens is 148 g/mol. The average Bonchev–Trinajstić information content (AvgIpc) is 2.07. The number of rotatable bonds is 0. The van der Waals surface area contributed by atoms with E-state index in [9.17, 15) is 0 Å². The molecule has 0 aliphatic carbocycles. The summed E-state index contributed by atoms with van der Waals surface area (Å²) < 4.78 is 2.08. The van der Waals surface area contributed by atoms with Crippen molar-refractivity contribution in [2.75, 3.05) is 0 Å². The van der Waals surface area contributed by atoms with Crippen LogP contribution in [0.1, 0.15) is 5.56 Å². The lowest BCUT2D eigenvalue weighted by Gasteiger charge is -1.95.